The van der Waals surface area contributed by atoms with Crippen LogP contribution in [0.25, 0.3) is 22.6 Å². The molecule has 3 aromatic heterocycles. The number of aromatic nitrogens is 4. The molecule has 3 aromatic rings. The highest BCUT2D eigenvalue weighted by atomic mass is 32.1. The van der Waals surface area contributed by atoms with Gasteiger partial charge >= 0.3 is 0 Å². The van der Waals surface area contributed by atoms with Crippen molar-refractivity contribution in [3.8, 4) is 11.5 Å². The fraction of sp³-hybridized carbons (Fsp3) is 0.357. The Labute approximate surface area is 120 Å². The van der Waals surface area contributed by atoms with Gasteiger partial charge in [0, 0.05) is 17.6 Å². The van der Waals surface area contributed by atoms with Gasteiger partial charge in [0.2, 0.25) is 0 Å². The van der Waals surface area contributed by atoms with E-state index in [0.717, 1.165) is 27.6 Å². The lowest BCUT2D eigenvalue weighted by molar-refractivity contribution is 0.768. The van der Waals surface area contributed by atoms with Crippen LogP contribution in [0.3, 0.4) is 0 Å². The zero-order valence-corrected chi connectivity index (χ0v) is 12.0. The second-order valence-corrected chi connectivity index (χ2v) is 6.15. The van der Waals surface area contributed by atoms with Crippen molar-refractivity contribution in [2.24, 2.45) is 5.73 Å². The Morgan fingerprint density at radius 1 is 1.40 bits per heavy atom. The van der Waals surface area contributed by atoms with Crippen molar-refractivity contribution in [2.45, 2.75) is 31.8 Å². The second-order valence-electron chi connectivity index (χ2n) is 5.26. The molecule has 0 spiro atoms. The maximum atomic E-state index is 5.90. The molecule has 5 nitrogen and oxygen atoms in total. The summed E-state index contributed by atoms with van der Waals surface area (Å²) < 4.78 is 2.30. The first-order chi connectivity index (χ1) is 9.74. The number of imidazole rings is 1. The summed E-state index contributed by atoms with van der Waals surface area (Å²) >= 11 is 1.60. The van der Waals surface area contributed by atoms with Crippen molar-refractivity contribution in [2.75, 3.05) is 0 Å². The zero-order valence-electron chi connectivity index (χ0n) is 11.2. The SMILES string of the molecule is CC(N)c1nc(-c2nc3cnccc3n2C2CC2)cs1. The van der Waals surface area contributed by atoms with Gasteiger partial charge in [-0.3, -0.25) is 4.98 Å². The van der Waals surface area contributed by atoms with E-state index in [9.17, 15) is 0 Å². The fourth-order valence-electron chi connectivity index (χ4n) is 2.43. The minimum absolute atomic E-state index is 0.0332. The molecular formula is C14H15N5S. The average molecular weight is 285 g/mol. The molecule has 1 aliphatic carbocycles. The van der Waals surface area contributed by atoms with Crippen LogP contribution < -0.4 is 5.73 Å². The predicted molar refractivity (Wildman–Crippen MR) is 79.5 cm³/mol. The van der Waals surface area contributed by atoms with E-state index in [1.165, 1.54) is 12.8 Å². The van der Waals surface area contributed by atoms with E-state index in [2.05, 4.69) is 14.5 Å². The molecule has 0 aliphatic heterocycles. The maximum absolute atomic E-state index is 5.90. The van der Waals surface area contributed by atoms with Gasteiger partial charge in [-0.2, -0.15) is 0 Å². The summed E-state index contributed by atoms with van der Waals surface area (Å²) in [6.45, 7) is 1.95. The number of nitrogens with zero attached hydrogens (tertiary/aromatic N) is 4. The summed E-state index contributed by atoms with van der Waals surface area (Å²) in [5.74, 6) is 0.943. The van der Waals surface area contributed by atoms with Gasteiger partial charge in [-0.15, -0.1) is 11.3 Å². The largest absolute Gasteiger partial charge is 0.322 e. The van der Waals surface area contributed by atoms with Crippen molar-refractivity contribution in [3.63, 3.8) is 0 Å². The quantitative estimate of drug-likeness (QED) is 0.803. The molecule has 102 valence electrons. The van der Waals surface area contributed by atoms with E-state index in [1.54, 1.807) is 11.3 Å². The monoisotopic (exact) mass is 285 g/mol. The number of nitrogens with two attached hydrogens (primary N) is 1. The van der Waals surface area contributed by atoms with E-state index in [1.807, 2.05) is 30.8 Å². The highest BCUT2D eigenvalue weighted by Gasteiger charge is 2.29. The van der Waals surface area contributed by atoms with Gasteiger partial charge in [0.1, 0.15) is 16.2 Å². The Morgan fingerprint density at radius 3 is 2.95 bits per heavy atom. The molecule has 2 N–H and O–H groups in total. The summed E-state index contributed by atoms with van der Waals surface area (Å²) in [5.41, 5.74) is 8.90. The number of hydrogen-bond acceptors (Lipinski definition) is 5. The molecular weight excluding hydrogens is 270 g/mol. The summed E-state index contributed by atoms with van der Waals surface area (Å²) in [4.78, 5) is 13.5. The third-order valence-electron chi connectivity index (χ3n) is 3.54. The lowest BCUT2D eigenvalue weighted by Crippen LogP contribution is -2.04. The first-order valence-corrected chi connectivity index (χ1v) is 7.65. The van der Waals surface area contributed by atoms with Crippen LogP contribution in [-0.2, 0) is 0 Å². The van der Waals surface area contributed by atoms with Crippen LogP contribution >= 0.6 is 11.3 Å². The molecule has 3 heterocycles. The zero-order chi connectivity index (χ0) is 13.7. The first kappa shape index (κ1) is 12.0. The third kappa shape index (κ3) is 1.83. The van der Waals surface area contributed by atoms with Gasteiger partial charge in [0.25, 0.3) is 0 Å². The number of rotatable bonds is 3. The fourth-order valence-corrected chi connectivity index (χ4v) is 3.19. The highest BCUT2D eigenvalue weighted by molar-refractivity contribution is 7.10. The minimum atomic E-state index is -0.0332. The lowest BCUT2D eigenvalue weighted by atomic mass is 10.4. The van der Waals surface area contributed by atoms with Crippen LogP contribution in [0.5, 0.6) is 0 Å². The topological polar surface area (TPSA) is 69.6 Å². The molecule has 1 fully saturated rings. The summed E-state index contributed by atoms with van der Waals surface area (Å²) in [6, 6.07) is 2.55. The molecule has 6 heteroatoms. The third-order valence-corrected chi connectivity index (χ3v) is 4.59. The molecule has 1 unspecified atom stereocenters. The van der Waals surface area contributed by atoms with Crippen LogP contribution in [0.4, 0.5) is 0 Å². The van der Waals surface area contributed by atoms with Crippen molar-refractivity contribution in [1.82, 2.24) is 19.5 Å². The Morgan fingerprint density at radius 2 is 2.25 bits per heavy atom. The molecule has 0 radical (unpaired) electrons. The van der Waals surface area contributed by atoms with Crippen LogP contribution in [-0.4, -0.2) is 19.5 Å². The number of hydrogen-bond donors (Lipinski definition) is 1. The minimum Gasteiger partial charge on any atom is -0.322 e. The first-order valence-electron chi connectivity index (χ1n) is 6.77. The number of fused-ring (bicyclic) bond motifs is 1. The van der Waals surface area contributed by atoms with Crippen LogP contribution in [0.2, 0.25) is 0 Å². The van der Waals surface area contributed by atoms with E-state index in [4.69, 9.17) is 10.7 Å². The van der Waals surface area contributed by atoms with Gasteiger partial charge in [-0.1, -0.05) is 0 Å². The van der Waals surface area contributed by atoms with Crippen molar-refractivity contribution < 1.29 is 0 Å². The molecule has 1 saturated carbocycles. The smallest absolute Gasteiger partial charge is 0.161 e. The van der Waals surface area contributed by atoms with Crippen LogP contribution in [0.1, 0.15) is 36.9 Å². The van der Waals surface area contributed by atoms with Crippen LogP contribution in [0, 0.1) is 0 Å². The van der Waals surface area contributed by atoms with Gasteiger partial charge in [-0.25, -0.2) is 9.97 Å². The maximum Gasteiger partial charge on any atom is 0.161 e. The molecule has 0 bridgehead atoms. The normalized spacial score (nSPS) is 16.7. The average Bonchev–Trinajstić information content (AvgIpc) is 3.04. The van der Waals surface area contributed by atoms with Crippen molar-refractivity contribution in [1.29, 1.82) is 0 Å². The van der Waals surface area contributed by atoms with E-state index < -0.39 is 0 Å². The lowest BCUT2D eigenvalue weighted by Gasteiger charge is -2.05. The summed E-state index contributed by atoms with van der Waals surface area (Å²) in [6.07, 6.45) is 6.06. The van der Waals surface area contributed by atoms with Gasteiger partial charge < -0.3 is 10.3 Å². The molecule has 4 rings (SSSR count). The Balaban J connectivity index is 1.91. The molecule has 1 aliphatic rings. The number of thiazole rings is 1. The van der Waals surface area contributed by atoms with E-state index in [-0.39, 0.29) is 6.04 Å². The molecule has 0 saturated heterocycles. The second kappa shape index (κ2) is 4.36. The molecule has 20 heavy (non-hydrogen) atoms. The van der Waals surface area contributed by atoms with Crippen molar-refractivity contribution in [3.05, 3.63) is 28.8 Å². The summed E-state index contributed by atoms with van der Waals surface area (Å²) in [5, 5.41) is 3.00. The summed E-state index contributed by atoms with van der Waals surface area (Å²) in [7, 11) is 0. The standard InChI is InChI=1S/C14H15N5S/c1-8(15)14-18-11(7-20-14)13-17-10-6-16-5-4-12(10)19(13)9-2-3-9/h4-9H,2-3,15H2,1H3. The van der Waals surface area contributed by atoms with E-state index in [0.29, 0.717) is 6.04 Å². The molecule has 0 amide bonds. The predicted octanol–water partition coefficient (Wildman–Crippen LogP) is 2.91. The number of pyridine rings is 1. The van der Waals surface area contributed by atoms with E-state index >= 15 is 0 Å². The van der Waals surface area contributed by atoms with Gasteiger partial charge in [-0.05, 0) is 25.8 Å². The highest BCUT2D eigenvalue weighted by Crippen LogP contribution is 2.41. The Bertz CT molecular complexity index is 769. The van der Waals surface area contributed by atoms with Crippen LogP contribution in [0.15, 0.2) is 23.8 Å². The van der Waals surface area contributed by atoms with Gasteiger partial charge in [0.05, 0.1) is 17.8 Å². The molecule has 0 aromatic carbocycles. The van der Waals surface area contributed by atoms with Gasteiger partial charge in [0.15, 0.2) is 5.82 Å². The van der Waals surface area contributed by atoms with Crippen molar-refractivity contribution >= 4 is 22.4 Å². The Hall–Kier alpha value is -1.79. The molecule has 1 atom stereocenters. The Kier molecular flexibility index (Phi) is 2.61.